The van der Waals surface area contributed by atoms with Gasteiger partial charge in [-0.05, 0) is 60.4 Å². The number of aryl methyl sites for hydroxylation is 2. The average molecular weight is 457 g/mol. The maximum atomic E-state index is 10.3. The largest absolute Gasteiger partial charge is 0.467 e. The first-order chi connectivity index (χ1) is 16.2. The summed E-state index contributed by atoms with van der Waals surface area (Å²) in [7, 11) is 0. The van der Waals surface area contributed by atoms with Crippen LogP contribution in [0.1, 0.15) is 36.8 Å². The van der Waals surface area contributed by atoms with Crippen LogP contribution in [0.4, 0.5) is 11.4 Å². The molecular weight excluding hydrogens is 428 g/mol. The second kappa shape index (κ2) is 9.29. The molecule has 1 atom stereocenters. The van der Waals surface area contributed by atoms with Crippen molar-refractivity contribution in [2.45, 2.75) is 32.7 Å². The molecule has 168 valence electrons. The first kappa shape index (κ1) is 21.5. The number of anilines is 2. The molecule has 0 radical (unpaired) electrons. The predicted octanol–water partition coefficient (Wildman–Crippen LogP) is 6.13. The van der Waals surface area contributed by atoms with Gasteiger partial charge in [-0.3, -0.25) is 0 Å². The van der Waals surface area contributed by atoms with Crippen molar-refractivity contribution in [3.63, 3.8) is 0 Å². The van der Waals surface area contributed by atoms with Crippen LogP contribution >= 0.6 is 11.8 Å². The number of furan rings is 1. The van der Waals surface area contributed by atoms with E-state index in [4.69, 9.17) is 4.42 Å². The van der Waals surface area contributed by atoms with E-state index in [1.807, 2.05) is 12.1 Å². The highest BCUT2D eigenvalue weighted by Gasteiger charge is 2.39. The Bertz CT molecular complexity index is 1160. The maximum Gasteiger partial charge on any atom is 0.131 e. The quantitative estimate of drug-likeness (QED) is 0.460. The van der Waals surface area contributed by atoms with E-state index in [-0.39, 0.29) is 6.04 Å². The van der Waals surface area contributed by atoms with Crippen molar-refractivity contribution < 1.29 is 4.42 Å². The number of rotatable bonds is 5. The second-order valence-corrected chi connectivity index (χ2v) is 9.33. The molecule has 0 saturated carbocycles. The van der Waals surface area contributed by atoms with Gasteiger partial charge in [0.05, 0.1) is 36.1 Å². The van der Waals surface area contributed by atoms with Crippen LogP contribution in [0.5, 0.6) is 0 Å². The Hall–Kier alpha value is -3.30. The molecule has 2 aliphatic heterocycles. The lowest BCUT2D eigenvalue weighted by atomic mass is 10.0. The number of thioether (sulfide) groups is 1. The molecule has 0 unspecified atom stereocenters. The Labute approximate surface area is 199 Å². The molecule has 1 saturated heterocycles. The fourth-order valence-electron chi connectivity index (χ4n) is 4.54. The van der Waals surface area contributed by atoms with Gasteiger partial charge in [-0.25, -0.2) is 0 Å². The van der Waals surface area contributed by atoms with Crippen molar-refractivity contribution in [1.82, 2.24) is 4.90 Å². The summed E-state index contributed by atoms with van der Waals surface area (Å²) < 4.78 is 5.83. The van der Waals surface area contributed by atoms with Gasteiger partial charge in [0, 0.05) is 11.4 Å². The fourth-order valence-corrected chi connectivity index (χ4v) is 5.66. The van der Waals surface area contributed by atoms with Gasteiger partial charge in [-0.15, -0.1) is 0 Å². The van der Waals surface area contributed by atoms with Crippen molar-refractivity contribution in [2.24, 2.45) is 0 Å². The van der Waals surface area contributed by atoms with Crippen LogP contribution in [0.3, 0.4) is 0 Å². The van der Waals surface area contributed by atoms with Crippen molar-refractivity contribution in [1.29, 1.82) is 5.26 Å². The van der Waals surface area contributed by atoms with Crippen LogP contribution in [-0.2, 0) is 12.8 Å². The Kier molecular flexibility index (Phi) is 6.06. The van der Waals surface area contributed by atoms with E-state index in [1.165, 1.54) is 16.8 Å². The zero-order chi connectivity index (χ0) is 22.8. The van der Waals surface area contributed by atoms with Crippen molar-refractivity contribution in [2.75, 3.05) is 29.0 Å². The van der Waals surface area contributed by atoms with Crippen LogP contribution in [0, 0.1) is 11.3 Å². The molecule has 0 bridgehead atoms. The minimum absolute atomic E-state index is 0.230. The molecule has 1 aromatic heterocycles. The summed E-state index contributed by atoms with van der Waals surface area (Å²) in [6.45, 7) is 5.77. The van der Waals surface area contributed by atoms with Crippen LogP contribution < -0.4 is 9.80 Å². The molecule has 1 fully saturated rings. The van der Waals surface area contributed by atoms with Crippen molar-refractivity contribution in [3.8, 4) is 6.07 Å². The number of hydrogen-bond acceptors (Lipinski definition) is 6. The number of hydrogen-bond donors (Lipinski definition) is 0. The molecule has 3 heterocycles. The molecule has 0 N–H and O–H groups in total. The van der Waals surface area contributed by atoms with Gasteiger partial charge in [0.1, 0.15) is 17.9 Å². The number of nitriles is 1. The standard InChI is InChI=1S/C27H28N4OS/c1-3-20-7-11-22(12-8-20)30-17-29-18-31(23-13-9-21(4-2)10-14-23)26(25-6-5-15-32-25)24(16-28)27(29)33-19-30/h5-15,26H,3-4,17-19H2,1-2H3/t26-/m1/s1. The smallest absolute Gasteiger partial charge is 0.131 e. The number of benzene rings is 2. The Balaban J connectivity index is 1.51. The monoisotopic (exact) mass is 456 g/mol. The minimum atomic E-state index is -0.230. The third kappa shape index (κ3) is 4.09. The molecule has 5 rings (SSSR count). The molecule has 3 aromatic rings. The highest BCUT2D eigenvalue weighted by atomic mass is 32.2. The van der Waals surface area contributed by atoms with E-state index in [1.54, 1.807) is 18.0 Å². The first-order valence-corrected chi connectivity index (χ1v) is 12.4. The van der Waals surface area contributed by atoms with Crippen molar-refractivity contribution in [3.05, 3.63) is 94.4 Å². The highest BCUT2D eigenvalue weighted by molar-refractivity contribution is 8.03. The summed E-state index contributed by atoms with van der Waals surface area (Å²) in [5.41, 5.74) is 5.70. The molecule has 5 nitrogen and oxygen atoms in total. The van der Waals surface area contributed by atoms with Gasteiger partial charge in [-0.2, -0.15) is 5.26 Å². The SMILES string of the molecule is CCc1ccc(N2CSC3=C(C#N)[C@H](c4ccco4)N(c4ccc(CC)cc4)CN3C2)cc1. The topological polar surface area (TPSA) is 46.7 Å². The van der Waals surface area contributed by atoms with E-state index in [0.717, 1.165) is 47.4 Å². The van der Waals surface area contributed by atoms with Crippen molar-refractivity contribution >= 4 is 23.1 Å². The highest BCUT2D eigenvalue weighted by Crippen LogP contribution is 2.44. The van der Waals surface area contributed by atoms with E-state index in [2.05, 4.69) is 83.1 Å². The molecule has 0 aliphatic carbocycles. The minimum Gasteiger partial charge on any atom is -0.467 e. The molecule has 0 spiro atoms. The summed E-state index contributed by atoms with van der Waals surface area (Å²) in [5, 5.41) is 11.3. The zero-order valence-electron chi connectivity index (χ0n) is 19.1. The van der Waals surface area contributed by atoms with Crippen LogP contribution in [0.25, 0.3) is 0 Å². The molecular formula is C27H28N4OS. The van der Waals surface area contributed by atoms with Crippen LogP contribution in [-0.4, -0.2) is 24.1 Å². The fraction of sp³-hybridized carbons (Fsp3) is 0.296. The maximum absolute atomic E-state index is 10.3. The zero-order valence-corrected chi connectivity index (χ0v) is 19.9. The average Bonchev–Trinajstić information content (AvgIpc) is 3.42. The second-order valence-electron chi connectivity index (χ2n) is 8.39. The van der Waals surface area contributed by atoms with E-state index in [0.29, 0.717) is 6.67 Å². The Morgan fingerprint density at radius 1 is 0.909 bits per heavy atom. The lowest BCUT2D eigenvalue weighted by Gasteiger charge is -2.48. The number of nitrogens with zero attached hydrogens (tertiary/aromatic N) is 4. The van der Waals surface area contributed by atoms with Gasteiger partial charge >= 0.3 is 0 Å². The van der Waals surface area contributed by atoms with Gasteiger partial charge in [0.15, 0.2) is 0 Å². The van der Waals surface area contributed by atoms with Crippen LogP contribution in [0.15, 0.2) is 81.9 Å². The van der Waals surface area contributed by atoms with E-state index < -0.39 is 0 Å². The molecule has 6 heteroatoms. The van der Waals surface area contributed by atoms with Gasteiger partial charge in [-0.1, -0.05) is 49.9 Å². The summed E-state index contributed by atoms with van der Waals surface area (Å²) in [6, 6.07) is 23.7. The summed E-state index contributed by atoms with van der Waals surface area (Å²) >= 11 is 1.74. The lowest BCUT2D eigenvalue weighted by molar-refractivity contribution is 0.314. The summed E-state index contributed by atoms with van der Waals surface area (Å²) in [5.74, 6) is 1.62. The van der Waals surface area contributed by atoms with Crippen LogP contribution in [0.2, 0.25) is 0 Å². The first-order valence-electron chi connectivity index (χ1n) is 11.5. The van der Waals surface area contributed by atoms with Gasteiger partial charge < -0.3 is 19.1 Å². The Morgan fingerprint density at radius 3 is 2.15 bits per heavy atom. The summed E-state index contributed by atoms with van der Waals surface area (Å²) in [4.78, 5) is 6.96. The van der Waals surface area contributed by atoms with E-state index >= 15 is 0 Å². The normalized spacial score (nSPS) is 18.3. The van der Waals surface area contributed by atoms with E-state index in [9.17, 15) is 5.26 Å². The molecule has 33 heavy (non-hydrogen) atoms. The van der Waals surface area contributed by atoms with Gasteiger partial charge in [0.2, 0.25) is 0 Å². The third-order valence-corrected chi connectivity index (χ3v) is 7.64. The molecule has 2 aromatic carbocycles. The Morgan fingerprint density at radius 2 is 1.58 bits per heavy atom. The predicted molar refractivity (Wildman–Crippen MR) is 135 cm³/mol. The number of fused-ring (bicyclic) bond motifs is 1. The lowest BCUT2D eigenvalue weighted by Crippen LogP contribution is -2.51. The summed E-state index contributed by atoms with van der Waals surface area (Å²) in [6.07, 6.45) is 3.74. The molecule has 0 amide bonds. The van der Waals surface area contributed by atoms with Gasteiger partial charge in [0.25, 0.3) is 0 Å². The molecule has 2 aliphatic rings. The third-order valence-electron chi connectivity index (χ3n) is 6.44.